The molecule has 2 aromatic heterocycles. The molecular formula is C16H17N5O2. The van der Waals surface area contributed by atoms with Gasteiger partial charge in [0.05, 0.1) is 6.20 Å². The number of hydrogen-bond acceptors (Lipinski definition) is 5. The van der Waals surface area contributed by atoms with Crippen molar-refractivity contribution < 1.29 is 9.21 Å². The monoisotopic (exact) mass is 311 g/mol. The number of benzene rings is 1. The number of amides is 1. The van der Waals surface area contributed by atoms with Crippen molar-refractivity contribution in [3.05, 3.63) is 46.8 Å². The predicted molar refractivity (Wildman–Crippen MR) is 85.1 cm³/mol. The van der Waals surface area contributed by atoms with Gasteiger partial charge in [-0.3, -0.25) is 14.8 Å². The van der Waals surface area contributed by atoms with Crippen LogP contribution >= 0.6 is 0 Å². The minimum Gasteiger partial charge on any atom is -0.403 e. The van der Waals surface area contributed by atoms with Crippen molar-refractivity contribution in [1.29, 1.82) is 0 Å². The average Bonchev–Trinajstić information content (AvgIpc) is 3.08. The van der Waals surface area contributed by atoms with E-state index in [0.29, 0.717) is 11.6 Å². The Morgan fingerprint density at radius 1 is 1.17 bits per heavy atom. The Morgan fingerprint density at radius 2 is 1.96 bits per heavy atom. The molecule has 3 aromatic rings. The molecule has 0 saturated carbocycles. The molecule has 7 nitrogen and oxygen atoms in total. The summed E-state index contributed by atoms with van der Waals surface area (Å²) in [5.74, 6) is 0.0434. The van der Waals surface area contributed by atoms with Gasteiger partial charge in [-0.15, -0.1) is 5.10 Å². The van der Waals surface area contributed by atoms with Gasteiger partial charge in [0.1, 0.15) is 5.69 Å². The van der Waals surface area contributed by atoms with Gasteiger partial charge < -0.3 is 4.42 Å². The summed E-state index contributed by atoms with van der Waals surface area (Å²) in [6, 6.07) is 6.04. The van der Waals surface area contributed by atoms with E-state index in [0.717, 1.165) is 22.3 Å². The number of aryl methyl sites for hydroxylation is 4. The smallest absolute Gasteiger partial charge is 0.322 e. The molecule has 0 saturated heterocycles. The molecule has 0 fully saturated rings. The summed E-state index contributed by atoms with van der Waals surface area (Å²) in [6.07, 6.45) is 1.63. The van der Waals surface area contributed by atoms with E-state index < -0.39 is 0 Å². The number of aromatic nitrogens is 4. The van der Waals surface area contributed by atoms with E-state index in [-0.39, 0.29) is 11.9 Å². The van der Waals surface area contributed by atoms with Crippen molar-refractivity contribution in [2.24, 2.45) is 7.05 Å². The lowest BCUT2D eigenvalue weighted by molar-refractivity contribution is 0.101. The summed E-state index contributed by atoms with van der Waals surface area (Å²) in [6.45, 7) is 5.78. The lowest BCUT2D eigenvalue weighted by atomic mass is 10.1. The van der Waals surface area contributed by atoms with Crippen LogP contribution in [0, 0.1) is 20.8 Å². The number of carbonyl (C=O) groups excluding carboxylic acids is 1. The highest BCUT2D eigenvalue weighted by Crippen LogP contribution is 2.24. The maximum atomic E-state index is 12.3. The van der Waals surface area contributed by atoms with Gasteiger partial charge in [-0.25, -0.2) is 0 Å². The fourth-order valence-electron chi connectivity index (χ4n) is 2.38. The van der Waals surface area contributed by atoms with Crippen LogP contribution in [0.1, 0.15) is 27.2 Å². The highest BCUT2D eigenvalue weighted by molar-refractivity contribution is 6.02. The van der Waals surface area contributed by atoms with Gasteiger partial charge in [-0.05, 0) is 38.0 Å². The van der Waals surface area contributed by atoms with Gasteiger partial charge in [-0.2, -0.15) is 5.10 Å². The van der Waals surface area contributed by atoms with Crippen molar-refractivity contribution in [3.8, 4) is 11.5 Å². The lowest BCUT2D eigenvalue weighted by Crippen LogP contribution is -2.17. The number of anilines is 1. The molecule has 0 radical (unpaired) electrons. The molecule has 0 aliphatic heterocycles. The third-order valence-corrected chi connectivity index (χ3v) is 3.61. The molecule has 0 spiro atoms. The summed E-state index contributed by atoms with van der Waals surface area (Å²) in [5, 5.41) is 14.6. The quantitative estimate of drug-likeness (QED) is 0.803. The zero-order chi connectivity index (χ0) is 16.6. The molecular weight excluding hydrogens is 294 g/mol. The summed E-state index contributed by atoms with van der Waals surface area (Å²) >= 11 is 0. The molecule has 0 unspecified atom stereocenters. The van der Waals surface area contributed by atoms with Crippen LogP contribution in [0.15, 0.2) is 28.8 Å². The van der Waals surface area contributed by atoms with Crippen LogP contribution < -0.4 is 5.32 Å². The van der Waals surface area contributed by atoms with Crippen LogP contribution in [0.4, 0.5) is 6.01 Å². The summed E-state index contributed by atoms with van der Waals surface area (Å²) in [4.78, 5) is 12.3. The fraction of sp³-hybridized carbons (Fsp3) is 0.250. The third-order valence-electron chi connectivity index (χ3n) is 3.61. The third kappa shape index (κ3) is 2.85. The molecule has 1 amide bonds. The number of rotatable bonds is 3. The predicted octanol–water partition coefficient (Wildman–Crippen LogP) is 2.65. The van der Waals surface area contributed by atoms with E-state index in [1.165, 1.54) is 4.68 Å². The van der Waals surface area contributed by atoms with Gasteiger partial charge in [0, 0.05) is 12.6 Å². The second kappa shape index (κ2) is 5.68. The molecule has 0 aliphatic rings. The first-order valence-electron chi connectivity index (χ1n) is 7.17. The lowest BCUT2D eigenvalue weighted by Gasteiger charge is -2.03. The van der Waals surface area contributed by atoms with Gasteiger partial charge in [0.15, 0.2) is 0 Å². The van der Waals surface area contributed by atoms with Crippen LogP contribution in [-0.2, 0) is 7.05 Å². The van der Waals surface area contributed by atoms with Gasteiger partial charge in [0.2, 0.25) is 5.89 Å². The molecule has 0 aliphatic carbocycles. The Morgan fingerprint density at radius 3 is 2.65 bits per heavy atom. The molecule has 2 heterocycles. The summed E-state index contributed by atoms with van der Waals surface area (Å²) in [5.41, 5.74) is 4.21. The Labute approximate surface area is 133 Å². The summed E-state index contributed by atoms with van der Waals surface area (Å²) < 4.78 is 7.08. The Bertz CT molecular complexity index is 859. The number of carbonyl (C=O) groups is 1. The first-order valence-corrected chi connectivity index (χ1v) is 7.17. The van der Waals surface area contributed by atoms with Crippen molar-refractivity contribution in [2.75, 3.05) is 5.32 Å². The standard InChI is InChI=1S/C16H17N5O2/c1-9-5-6-10(2)12(7-9)15-19-20-16(23-15)18-14(22)13-11(3)8-17-21(13)4/h5-8H,1-4H3,(H,18,20,22). The van der Waals surface area contributed by atoms with Gasteiger partial charge >= 0.3 is 6.01 Å². The zero-order valence-electron chi connectivity index (χ0n) is 13.4. The van der Waals surface area contributed by atoms with Crippen LogP contribution in [-0.4, -0.2) is 25.9 Å². The van der Waals surface area contributed by atoms with Crippen LogP contribution in [0.5, 0.6) is 0 Å². The minimum absolute atomic E-state index is 0.0616. The zero-order valence-corrected chi connectivity index (χ0v) is 13.4. The van der Waals surface area contributed by atoms with Crippen LogP contribution in [0.25, 0.3) is 11.5 Å². The second-order valence-corrected chi connectivity index (χ2v) is 5.48. The molecule has 1 N–H and O–H groups in total. The molecule has 0 bridgehead atoms. The van der Waals surface area contributed by atoms with Crippen molar-refractivity contribution >= 4 is 11.9 Å². The van der Waals surface area contributed by atoms with E-state index in [1.807, 2.05) is 39.0 Å². The largest absolute Gasteiger partial charge is 0.403 e. The molecule has 7 heteroatoms. The Balaban J connectivity index is 1.85. The molecule has 23 heavy (non-hydrogen) atoms. The maximum absolute atomic E-state index is 12.3. The average molecular weight is 311 g/mol. The highest BCUT2D eigenvalue weighted by atomic mass is 16.4. The Kier molecular flexibility index (Phi) is 3.69. The Hall–Kier alpha value is -2.96. The SMILES string of the molecule is Cc1ccc(C)c(-c2nnc(NC(=O)c3c(C)cnn3C)o2)c1. The molecule has 3 rings (SSSR count). The number of nitrogens with zero attached hydrogens (tertiary/aromatic N) is 4. The summed E-state index contributed by atoms with van der Waals surface area (Å²) in [7, 11) is 1.71. The second-order valence-electron chi connectivity index (χ2n) is 5.48. The van der Waals surface area contributed by atoms with E-state index >= 15 is 0 Å². The van der Waals surface area contributed by atoms with Crippen LogP contribution in [0.2, 0.25) is 0 Å². The number of nitrogens with one attached hydrogen (secondary N) is 1. The molecule has 0 atom stereocenters. The van der Waals surface area contributed by atoms with E-state index in [1.54, 1.807) is 13.2 Å². The minimum atomic E-state index is -0.335. The number of hydrogen-bond donors (Lipinski definition) is 1. The topological polar surface area (TPSA) is 85.8 Å². The highest BCUT2D eigenvalue weighted by Gasteiger charge is 2.18. The fourth-order valence-corrected chi connectivity index (χ4v) is 2.38. The maximum Gasteiger partial charge on any atom is 0.322 e. The van der Waals surface area contributed by atoms with Crippen LogP contribution in [0.3, 0.4) is 0 Å². The van der Waals surface area contributed by atoms with E-state index in [4.69, 9.17) is 4.42 Å². The van der Waals surface area contributed by atoms with Crippen molar-refractivity contribution in [1.82, 2.24) is 20.0 Å². The van der Waals surface area contributed by atoms with Crippen molar-refractivity contribution in [2.45, 2.75) is 20.8 Å². The van der Waals surface area contributed by atoms with E-state index in [9.17, 15) is 4.79 Å². The molecule has 1 aromatic carbocycles. The van der Waals surface area contributed by atoms with Gasteiger partial charge in [0.25, 0.3) is 5.91 Å². The van der Waals surface area contributed by atoms with Gasteiger partial charge in [-0.1, -0.05) is 22.8 Å². The van der Waals surface area contributed by atoms with E-state index in [2.05, 4.69) is 20.6 Å². The first-order chi connectivity index (χ1) is 11.0. The normalized spacial score (nSPS) is 10.8. The first kappa shape index (κ1) is 15.0. The molecule has 118 valence electrons. The van der Waals surface area contributed by atoms with Crippen molar-refractivity contribution in [3.63, 3.8) is 0 Å².